The van der Waals surface area contributed by atoms with Crippen molar-refractivity contribution in [3.8, 4) is 11.5 Å². The summed E-state index contributed by atoms with van der Waals surface area (Å²) in [5.74, 6) is 1.57. The number of ketones is 1. The number of anilines is 1. The van der Waals surface area contributed by atoms with E-state index in [1.54, 1.807) is 19.1 Å². The number of rotatable bonds is 4. The van der Waals surface area contributed by atoms with E-state index in [0.717, 1.165) is 29.0 Å². The van der Waals surface area contributed by atoms with Crippen molar-refractivity contribution in [2.24, 2.45) is 0 Å². The van der Waals surface area contributed by atoms with Gasteiger partial charge in [-0.15, -0.1) is 0 Å². The molecule has 0 fully saturated rings. The Morgan fingerprint density at radius 2 is 2.00 bits per heavy atom. The molecular weight excluding hydrogens is 278 g/mol. The van der Waals surface area contributed by atoms with Crippen molar-refractivity contribution < 1.29 is 14.3 Å². The standard InChI is InChI=1S/C18H17NO3/c1-12(20)16-10-15(19)7-6-14(16)4-2-3-13-5-8-17-18(9-13)22-11-21-17/h2,4-10H,3,11,19H2,1H3/b4-2+. The number of hydrogen-bond acceptors (Lipinski definition) is 4. The topological polar surface area (TPSA) is 61.6 Å². The van der Waals surface area contributed by atoms with E-state index in [9.17, 15) is 4.79 Å². The lowest BCUT2D eigenvalue weighted by Gasteiger charge is -2.04. The first-order valence-electron chi connectivity index (χ1n) is 7.09. The van der Waals surface area contributed by atoms with Crippen LogP contribution >= 0.6 is 0 Å². The average molecular weight is 295 g/mol. The smallest absolute Gasteiger partial charge is 0.231 e. The van der Waals surface area contributed by atoms with Crippen molar-refractivity contribution >= 4 is 17.5 Å². The summed E-state index contributed by atoms with van der Waals surface area (Å²) in [6.45, 7) is 1.83. The molecule has 2 aromatic rings. The zero-order chi connectivity index (χ0) is 15.5. The van der Waals surface area contributed by atoms with E-state index in [-0.39, 0.29) is 12.6 Å². The molecule has 1 aliphatic heterocycles. The second-order valence-corrected chi connectivity index (χ2v) is 5.20. The highest BCUT2D eigenvalue weighted by Gasteiger charge is 2.12. The summed E-state index contributed by atoms with van der Waals surface area (Å²) in [6.07, 6.45) is 4.72. The molecule has 0 aliphatic carbocycles. The van der Waals surface area contributed by atoms with Crippen molar-refractivity contribution in [3.05, 3.63) is 59.2 Å². The van der Waals surface area contributed by atoms with Crippen LogP contribution < -0.4 is 15.2 Å². The maximum absolute atomic E-state index is 11.7. The molecule has 2 N–H and O–H groups in total. The van der Waals surface area contributed by atoms with Gasteiger partial charge in [-0.05, 0) is 48.7 Å². The molecule has 0 bridgehead atoms. The van der Waals surface area contributed by atoms with E-state index in [1.165, 1.54) is 0 Å². The number of nitrogen functional groups attached to an aromatic ring is 1. The SMILES string of the molecule is CC(=O)c1cc(N)ccc1/C=C/Cc1ccc2c(c1)OCO2. The van der Waals surface area contributed by atoms with Crippen molar-refractivity contribution in [2.45, 2.75) is 13.3 Å². The van der Waals surface area contributed by atoms with Gasteiger partial charge in [-0.25, -0.2) is 0 Å². The molecule has 0 aromatic heterocycles. The quantitative estimate of drug-likeness (QED) is 0.693. The molecule has 0 amide bonds. The number of carbonyl (C=O) groups excluding carboxylic acids is 1. The molecule has 22 heavy (non-hydrogen) atoms. The second kappa shape index (κ2) is 5.93. The van der Waals surface area contributed by atoms with Crippen LogP contribution in [0.5, 0.6) is 11.5 Å². The summed E-state index contributed by atoms with van der Waals surface area (Å²) in [5, 5.41) is 0. The summed E-state index contributed by atoms with van der Waals surface area (Å²) in [5.41, 5.74) is 8.97. The molecule has 112 valence electrons. The monoisotopic (exact) mass is 295 g/mol. The van der Waals surface area contributed by atoms with Gasteiger partial charge in [0.05, 0.1) is 0 Å². The lowest BCUT2D eigenvalue weighted by molar-refractivity contribution is 0.101. The zero-order valence-corrected chi connectivity index (χ0v) is 12.3. The van der Waals surface area contributed by atoms with Crippen LogP contribution in [0.3, 0.4) is 0 Å². The normalized spacial score (nSPS) is 12.8. The lowest BCUT2D eigenvalue weighted by atomic mass is 10.0. The molecule has 0 saturated carbocycles. The molecule has 0 radical (unpaired) electrons. The number of nitrogens with two attached hydrogens (primary N) is 1. The van der Waals surface area contributed by atoms with Crippen LogP contribution in [-0.4, -0.2) is 12.6 Å². The van der Waals surface area contributed by atoms with Crippen LogP contribution in [0.15, 0.2) is 42.5 Å². The Labute approximate surface area is 129 Å². The summed E-state index contributed by atoms with van der Waals surface area (Å²) < 4.78 is 10.7. The third-order valence-corrected chi connectivity index (χ3v) is 3.54. The predicted molar refractivity (Wildman–Crippen MR) is 86.2 cm³/mol. The van der Waals surface area contributed by atoms with Crippen LogP contribution in [0.1, 0.15) is 28.4 Å². The van der Waals surface area contributed by atoms with Gasteiger partial charge in [0.1, 0.15) is 0 Å². The van der Waals surface area contributed by atoms with Gasteiger partial charge in [-0.1, -0.05) is 24.3 Å². The van der Waals surface area contributed by atoms with E-state index in [0.29, 0.717) is 11.3 Å². The molecule has 1 aliphatic rings. The Balaban J connectivity index is 1.76. The van der Waals surface area contributed by atoms with Gasteiger partial charge < -0.3 is 15.2 Å². The lowest BCUT2D eigenvalue weighted by Crippen LogP contribution is -1.98. The number of benzene rings is 2. The fourth-order valence-corrected chi connectivity index (χ4v) is 2.41. The third-order valence-electron chi connectivity index (χ3n) is 3.54. The number of ether oxygens (including phenoxy) is 2. The van der Waals surface area contributed by atoms with Crippen LogP contribution in [-0.2, 0) is 6.42 Å². The van der Waals surface area contributed by atoms with E-state index >= 15 is 0 Å². The highest BCUT2D eigenvalue weighted by Crippen LogP contribution is 2.32. The molecule has 3 rings (SSSR count). The molecule has 1 heterocycles. The van der Waals surface area contributed by atoms with Crippen LogP contribution in [0, 0.1) is 0 Å². The summed E-state index contributed by atoms with van der Waals surface area (Å²) in [7, 11) is 0. The van der Waals surface area contributed by atoms with Crippen molar-refractivity contribution in [2.75, 3.05) is 12.5 Å². The zero-order valence-electron chi connectivity index (χ0n) is 12.3. The largest absolute Gasteiger partial charge is 0.454 e. The molecular formula is C18H17NO3. The fraction of sp³-hybridized carbons (Fsp3) is 0.167. The van der Waals surface area contributed by atoms with Gasteiger partial charge in [0.25, 0.3) is 0 Å². The maximum atomic E-state index is 11.7. The van der Waals surface area contributed by atoms with Crippen LogP contribution in [0.2, 0.25) is 0 Å². The van der Waals surface area contributed by atoms with E-state index < -0.39 is 0 Å². The van der Waals surface area contributed by atoms with Crippen molar-refractivity contribution in [1.82, 2.24) is 0 Å². The Bertz CT molecular complexity index is 750. The highest BCUT2D eigenvalue weighted by atomic mass is 16.7. The Morgan fingerprint density at radius 3 is 2.82 bits per heavy atom. The molecule has 0 atom stereocenters. The van der Waals surface area contributed by atoms with Crippen LogP contribution in [0.4, 0.5) is 5.69 Å². The first-order chi connectivity index (χ1) is 10.6. The Kier molecular flexibility index (Phi) is 3.83. The number of carbonyl (C=O) groups is 1. The molecule has 0 saturated heterocycles. The van der Waals surface area contributed by atoms with E-state index in [2.05, 4.69) is 0 Å². The highest BCUT2D eigenvalue weighted by molar-refractivity contribution is 5.98. The predicted octanol–water partition coefficient (Wildman–Crippen LogP) is 3.46. The first kappa shape index (κ1) is 14.2. The van der Waals surface area contributed by atoms with Gasteiger partial charge >= 0.3 is 0 Å². The maximum Gasteiger partial charge on any atom is 0.231 e. The van der Waals surface area contributed by atoms with E-state index in [1.807, 2.05) is 36.4 Å². The minimum atomic E-state index is 0.00929. The van der Waals surface area contributed by atoms with Gasteiger partial charge in [0.2, 0.25) is 6.79 Å². The summed E-state index contributed by atoms with van der Waals surface area (Å²) in [4.78, 5) is 11.7. The Hall–Kier alpha value is -2.75. The van der Waals surface area contributed by atoms with Gasteiger partial charge in [-0.3, -0.25) is 4.79 Å². The van der Waals surface area contributed by atoms with E-state index in [4.69, 9.17) is 15.2 Å². The van der Waals surface area contributed by atoms with Crippen molar-refractivity contribution in [1.29, 1.82) is 0 Å². The number of Topliss-reactive ketones (excluding diaryl/α,β-unsaturated/α-hetero) is 1. The van der Waals surface area contributed by atoms with Gasteiger partial charge in [0.15, 0.2) is 17.3 Å². The number of fused-ring (bicyclic) bond motifs is 1. The number of hydrogen-bond donors (Lipinski definition) is 1. The van der Waals surface area contributed by atoms with Crippen molar-refractivity contribution in [3.63, 3.8) is 0 Å². The molecule has 0 unspecified atom stereocenters. The Morgan fingerprint density at radius 1 is 1.18 bits per heavy atom. The fourth-order valence-electron chi connectivity index (χ4n) is 2.41. The van der Waals surface area contributed by atoms with Gasteiger partial charge in [0, 0.05) is 11.3 Å². The second-order valence-electron chi connectivity index (χ2n) is 5.20. The molecule has 2 aromatic carbocycles. The first-order valence-corrected chi connectivity index (χ1v) is 7.09. The average Bonchev–Trinajstić information content (AvgIpc) is 2.96. The minimum absolute atomic E-state index is 0.00929. The summed E-state index contributed by atoms with van der Waals surface area (Å²) in [6, 6.07) is 11.3. The molecule has 4 heteroatoms. The summed E-state index contributed by atoms with van der Waals surface area (Å²) >= 11 is 0. The molecule has 0 spiro atoms. The van der Waals surface area contributed by atoms with Gasteiger partial charge in [-0.2, -0.15) is 0 Å². The molecule has 4 nitrogen and oxygen atoms in total. The van der Waals surface area contributed by atoms with Crippen LogP contribution in [0.25, 0.3) is 6.08 Å². The number of allylic oxidation sites excluding steroid dienone is 1. The third kappa shape index (κ3) is 2.96. The minimum Gasteiger partial charge on any atom is -0.454 e.